The minimum absolute atomic E-state index is 0.103. The number of hydrogen-bond acceptors (Lipinski definition) is 2. The van der Waals surface area contributed by atoms with Crippen molar-refractivity contribution in [3.05, 3.63) is 35.4 Å². The average molecular weight is 197 g/mol. The van der Waals surface area contributed by atoms with E-state index in [4.69, 9.17) is 5.26 Å². The molecule has 0 amide bonds. The highest BCUT2D eigenvalue weighted by Gasteiger charge is 2.33. The van der Waals surface area contributed by atoms with Crippen molar-refractivity contribution in [3.63, 3.8) is 0 Å². The van der Waals surface area contributed by atoms with Crippen LogP contribution in [0, 0.1) is 11.3 Å². The molecule has 1 N–H and O–H groups in total. The molecule has 0 aliphatic carbocycles. The molecule has 0 heterocycles. The lowest BCUT2D eigenvalue weighted by Crippen LogP contribution is -2.30. The molecule has 0 saturated carbocycles. The fourth-order valence-electron chi connectivity index (χ4n) is 1.01. The molecular formula is C10H9F2NO. The van der Waals surface area contributed by atoms with E-state index < -0.39 is 12.0 Å². The van der Waals surface area contributed by atoms with Gasteiger partial charge in [0, 0.05) is 0 Å². The Hall–Kier alpha value is -1.47. The number of alkyl halides is 2. The van der Waals surface area contributed by atoms with Crippen LogP contribution in [0.25, 0.3) is 0 Å². The van der Waals surface area contributed by atoms with Gasteiger partial charge in [-0.25, -0.2) is 8.78 Å². The number of benzene rings is 1. The zero-order chi connectivity index (χ0) is 10.8. The van der Waals surface area contributed by atoms with Crippen molar-refractivity contribution in [2.75, 3.05) is 0 Å². The molecule has 1 aromatic rings. The topological polar surface area (TPSA) is 44.0 Å². The van der Waals surface area contributed by atoms with Crippen LogP contribution < -0.4 is 0 Å². The summed E-state index contributed by atoms with van der Waals surface area (Å²) in [5.74, 6) is 0. The maximum Gasteiger partial charge on any atom is 0.270 e. The highest BCUT2D eigenvalue weighted by Crippen LogP contribution is 2.27. The summed E-state index contributed by atoms with van der Waals surface area (Å²) in [6.07, 6.45) is -2.85. The summed E-state index contributed by atoms with van der Waals surface area (Å²) in [5, 5.41) is 17.9. The third-order valence-corrected chi connectivity index (χ3v) is 2.02. The molecule has 74 valence electrons. The Balaban J connectivity index is 3.04. The van der Waals surface area contributed by atoms with Gasteiger partial charge in [0.05, 0.1) is 11.6 Å². The minimum Gasteiger partial charge on any atom is -0.379 e. The second-order valence-electron chi connectivity index (χ2n) is 3.14. The lowest BCUT2D eigenvalue weighted by atomic mass is 9.96. The van der Waals surface area contributed by atoms with Gasteiger partial charge in [0.1, 0.15) is 5.60 Å². The van der Waals surface area contributed by atoms with Crippen LogP contribution in [0.3, 0.4) is 0 Å². The van der Waals surface area contributed by atoms with Gasteiger partial charge in [0.2, 0.25) is 0 Å². The number of halogens is 2. The molecule has 14 heavy (non-hydrogen) atoms. The zero-order valence-corrected chi connectivity index (χ0v) is 7.54. The largest absolute Gasteiger partial charge is 0.379 e. The number of nitriles is 1. The van der Waals surface area contributed by atoms with Gasteiger partial charge < -0.3 is 5.11 Å². The van der Waals surface area contributed by atoms with Gasteiger partial charge in [0.25, 0.3) is 6.43 Å². The number of aliphatic hydroxyl groups is 1. The standard InChI is InChI=1S/C10H9F2NO/c1-10(14,9(11)12)8-4-2-7(6-13)3-5-8/h2-5,9,14H,1H3/t10-/m1/s1. The van der Waals surface area contributed by atoms with Gasteiger partial charge >= 0.3 is 0 Å². The summed E-state index contributed by atoms with van der Waals surface area (Å²) < 4.78 is 24.7. The molecule has 0 spiro atoms. The average Bonchev–Trinajstić information content (AvgIpc) is 2.17. The van der Waals surface area contributed by atoms with E-state index >= 15 is 0 Å². The summed E-state index contributed by atoms with van der Waals surface area (Å²) in [6, 6.07) is 7.30. The van der Waals surface area contributed by atoms with Gasteiger partial charge in [-0.15, -0.1) is 0 Å². The number of hydrogen-bond donors (Lipinski definition) is 1. The fraction of sp³-hybridized carbons (Fsp3) is 0.300. The van der Waals surface area contributed by atoms with Gasteiger partial charge in [-0.3, -0.25) is 0 Å². The number of nitrogens with zero attached hydrogens (tertiary/aromatic N) is 1. The second-order valence-corrected chi connectivity index (χ2v) is 3.14. The third kappa shape index (κ3) is 1.88. The summed E-state index contributed by atoms with van der Waals surface area (Å²) in [7, 11) is 0. The van der Waals surface area contributed by atoms with E-state index in [0.717, 1.165) is 6.92 Å². The molecule has 0 aromatic heterocycles. The first kappa shape index (κ1) is 10.6. The van der Waals surface area contributed by atoms with E-state index in [0.29, 0.717) is 5.56 Å². The summed E-state index contributed by atoms with van der Waals surface area (Å²) in [4.78, 5) is 0. The molecule has 4 heteroatoms. The predicted molar refractivity (Wildman–Crippen MR) is 46.7 cm³/mol. The first-order chi connectivity index (χ1) is 6.48. The smallest absolute Gasteiger partial charge is 0.270 e. The third-order valence-electron chi connectivity index (χ3n) is 2.02. The van der Waals surface area contributed by atoms with Gasteiger partial charge in [-0.2, -0.15) is 5.26 Å². The van der Waals surface area contributed by atoms with E-state index in [1.54, 1.807) is 0 Å². The maximum absolute atomic E-state index is 12.4. The van der Waals surface area contributed by atoms with Crippen molar-refractivity contribution < 1.29 is 13.9 Å². The molecule has 0 unspecified atom stereocenters. The Labute approximate surface area is 80.4 Å². The Morgan fingerprint density at radius 1 is 1.36 bits per heavy atom. The summed E-state index contributed by atoms with van der Waals surface area (Å²) in [5.41, 5.74) is -1.68. The van der Waals surface area contributed by atoms with Crippen molar-refractivity contribution in [3.8, 4) is 6.07 Å². The Morgan fingerprint density at radius 3 is 2.21 bits per heavy atom. The lowest BCUT2D eigenvalue weighted by molar-refractivity contribution is -0.0883. The highest BCUT2D eigenvalue weighted by molar-refractivity contribution is 5.34. The molecule has 0 aliphatic heterocycles. The van der Waals surface area contributed by atoms with Gasteiger partial charge in [-0.05, 0) is 24.6 Å². The number of rotatable bonds is 2. The van der Waals surface area contributed by atoms with Crippen LogP contribution in [0.1, 0.15) is 18.1 Å². The molecule has 1 atom stereocenters. The highest BCUT2D eigenvalue weighted by atomic mass is 19.3. The second kappa shape index (κ2) is 3.72. The Morgan fingerprint density at radius 2 is 1.86 bits per heavy atom. The normalized spacial score (nSPS) is 14.9. The van der Waals surface area contributed by atoms with Crippen LogP contribution in [-0.2, 0) is 5.60 Å². The van der Waals surface area contributed by atoms with Crippen molar-refractivity contribution >= 4 is 0 Å². The van der Waals surface area contributed by atoms with Crippen LogP contribution in [0.5, 0.6) is 0 Å². The van der Waals surface area contributed by atoms with Crippen LogP contribution in [0.4, 0.5) is 8.78 Å². The van der Waals surface area contributed by atoms with Crippen molar-refractivity contribution in [1.29, 1.82) is 5.26 Å². The van der Waals surface area contributed by atoms with E-state index in [2.05, 4.69) is 0 Å². The maximum atomic E-state index is 12.4. The van der Waals surface area contributed by atoms with Crippen LogP contribution in [0.15, 0.2) is 24.3 Å². The molecular weight excluding hydrogens is 188 g/mol. The Bertz CT molecular complexity index is 351. The SMILES string of the molecule is C[C@@](O)(c1ccc(C#N)cc1)C(F)F. The first-order valence-electron chi connectivity index (χ1n) is 3.99. The van der Waals surface area contributed by atoms with Crippen molar-refractivity contribution in [2.45, 2.75) is 19.0 Å². The molecule has 0 saturated heterocycles. The van der Waals surface area contributed by atoms with Gasteiger partial charge in [0.15, 0.2) is 0 Å². The van der Waals surface area contributed by atoms with E-state index in [9.17, 15) is 13.9 Å². The van der Waals surface area contributed by atoms with Crippen LogP contribution in [-0.4, -0.2) is 11.5 Å². The Kier molecular flexibility index (Phi) is 2.82. The molecule has 2 nitrogen and oxygen atoms in total. The molecule has 0 bridgehead atoms. The molecule has 1 aromatic carbocycles. The van der Waals surface area contributed by atoms with Crippen molar-refractivity contribution in [1.82, 2.24) is 0 Å². The van der Waals surface area contributed by atoms with Crippen LogP contribution >= 0.6 is 0 Å². The minimum atomic E-state index is -2.85. The van der Waals surface area contributed by atoms with E-state index in [-0.39, 0.29) is 5.56 Å². The zero-order valence-electron chi connectivity index (χ0n) is 7.54. The fourth-order valence-corrected chi connectivity index (χ4v) is 1.01. The van der Waals surface area contributed by atoms with E-state index in [1.165, 1.54) is 24.3 Å². The summed E-state index contributed by atoms with van der Waals surface area (Å²) in [6.45, 7) is 1.04. The molecule has 0 radical (unpaired) electrons. The van der Waals surface area contributed by atoms with Crippen molar-refractivity contribution in [2.24, 2.45) is 0 Å². The molecule has 1 rings (SSSR count). The monoisotopic (exact) mass is 197 g/mol. The first-order valence-corrected chi connectivity index (χ1v) is 3.99. The lowest BCUT2D eigenvalue weighted by Gasteiger charge is -2.22. The molecule has 0 fully saturated rings. The van der Waals surface area contributed by atoms with E-state index in [1.807, 2.05) is 6.07 Å². The quantitative estimate of drug-likeness (QED) is 0.788. The summed E-state index contributed by atoms with van der Waals surface area (Å²) >= 11 is 0. The van der Waals surface area contributed by atoms with Crippen LogP contribution in [0.2, 0.25) is 0 Å². The predicted octanol–water partition coefficient (Wildman–Crippen LogP) is 2.03. The van der Waals surface area contributed by atoms with Gasteiger partial charge in [-0.1, -0.05) is 12.1 Å². The molecule has 0 aliphatic rings.